The van der Waals surface area contributed by atoms with Gasteiger partial charge in [-0.25, -0.2) is 13.1 Å². The van der Waals surface area contributed by atoms with E-state index in [0.717, 1.165) is 18.2 Å². The standard InChI is InChI=1S/C16H13N5O4.C16H9N3O7S.Cr/c1-10-15(16(23)20(19-10)11-5-3-2-4-6-11)18-17-13-9-12(21(24)25)7-8-14(13)22;20-13-6-5-9-3-1-2-4-11(9)15(13)18-17-12-7-10(19(22)23)8-14(16(12)21)27(24,25)26;/h2-9,22-23H,1H3;1-8H,(H,24,25,26);/q;-2;+3/p-2. The molecule has 1 heterocycles. The molecule has 2 aliphatic rings. The molecule has 0 spiro atoms. The molecule has 53 heavy (non-hydrogen) atoms. The number of allylic oxidation sites excluding steroid dienone is 4. The van der Waals surface area contributed by atoms with Crippen LogP contribution >= 0.6 is 0 Å². The van der Waals surface area contributed by atoms with Gasteiger partial charge >= 0.3 is 18.8 Å². The van der Waals surface area contributed by atoms with Gasteiger partial charge in [-0.15, -0.1) is 15.3 Å². The number of hydrogen-bond acceptors (Lipinski definition) is 17. The second-order valence-corrected chi connectivity index (χ2v) is 11.8. The van der Waals surface area contributed by atoms with Gasteiger partial charge in [0, 0.05) is 29.3 Å². The second-order valence-electron chi connectivity index (χ2n) is 10.4. The van der Waals surface area contributed by atoms with Crippen molar-refractivity contribution in [3.8, 4) is 17.3 Å². The van der Waals surface area contributed by atoms with E-state index in [4.69, 9.17) is 0 Å². The minimum atomic E-state index is -5.27. The Morgan fingerprint density at radius 1 is 0.906 bits per heavy atom. The minimum Gasteiger partial charge on any atom is -0.871 e. The van der Waals surface area contributed by atoms with Crippen LogP contribution < -0.4 is 10.2 Å². The Hall–Kier alpha value is -6.47. The third kappa shape index (κ3) is 8.89. The summed E-state index contributed by atoms with van der Waals surface area (Å²) in [7, 11) is -5.27. The number of fused-ring (bicyclic) bond motifs is 1. The van der Waals surface area contributed by atoms with Crippen molar-refractivity contribution in [2.75, 3.05) is 0 Å². The van der Waals surface area contributed by atoms with Gasteiger partial charge in [-0.05, 0) is 42.8 Å². The largest absolute Gasteiger partial charge is 3.00 e. The molecule has 0 amide bonds. The molecule has 267 valence electrons. The number of azo groups is 1. The van der Waals surface area contributed by atoms with Gasteiger partial charge in [0.05, 0.1) is 22.0 Å². The molecule has 0 saturated carbocycles. The number of aryl methyl sites for hydroxylation is 1. The van der Waals surface area contributed by atoms with Crippen molar-refractivity contribution < 1.29 is 56.5 Å². The molecule has 3 aromatic carbocycles. The molecule has 19 nitrogen and oxygen atoms in total. The fraction of sp³-hybridized carbons (Fsp3) is 0.0312. The Balaban J connectivity index is 0.000000281. The molecule has 6 rings (SSSR count). The minimum absolute atomic E-state index is 0. The number of nitrogens with zero attached hydrogens (tertiary/aromatic N) is 8. The van der Waals surface area contributed by atoms with Crippen LogP contribution in [0.1, 0.15) is 18.2 Å². The second kappa shape index (κ2) is 16.3. The number of carbonyl (C=O) groups is 2. The Morgan fingerprint density at radius 3 is 2.25 bits per heavy atom. The third-order valence-electron chi connectivity index (χ3n) is 7.02. The summed E-state index contributed by atoms with van der Waals surface area (Å²) >= 11 is 0. The molecule has 0 saturated heterocycles. The van der Waals surface area contributed by atoms with Crippen molar-refractivity contribution in [1.29, 1.82) is 0 Å². The average molecular weight is 777 g/mol. The first-order valence-corrected chi connectivity index (χ1v) is 15.8. The average Bonchev–Trinajstić information content (AvgIpc) is 3.40. The molecular formula is C32H20CrN8O11S-. The van der Waals surface area contributed by atoms with Crippen LogP contribution in [0.5, 0.6) is 11.6 Å². The molecule has 1 radical (unpaired) electrons. The van der Waals surface area contributed by atoms with Gasteiger partial charge in [0.2, 0.25) is 11.6 Å². The van der Waals surface area contributed by atoms with Crippen LogP contribution in [-0.2, 0) is 37.1 Å². The molecule has 0 aliphatic heterocycles. The van der Waals surface area contributed by atoms with Gasteiger partial charge in [0.25, 0.3) is 5.69 Å². The van der Waals surface area contributed by atoms with E-state index < -0.39 is 59.8 Å². The van der Waals surface area contributed by atoms with Gasteiger partial charge in [0.15, 0.2) is 0 Å². The van der Waals surface area contributed by atoms with Crippen LogP contribution in [0.3, 0.4) is 0 Å². The van der Waals surface area contributed by atoms with Gasteiger partial charge in [0.1, 0.15) is 32.1 Å². The smallest absolute Gasteiger partial charge is 0.871 e. The summed E-state index contributed by atoms with van der Waals surface area (Å²) < 4.78 is 34.7. The predicted molar refractivity (Wildman–Crippen MR) is 179 cm³/mol. The van der Waals surface area contributed by atoms with Crippen molar-refractivity contribution in [3.05, 3.63) is 139 Å². The number of rotatable bonds is 7. The number of nitro benzene ring substituents is 1. The zero-order valence-electron chi connectivity index (χ0n) is 27.6. The molecule has 0 unspecified atom stereocenters. The normalized spacial score (nSPS) is 15.3. The van der Waals surface area contributed by atoms with E-state index in [2.05, 4.69) is 25.5 Å². The number of hydroxylamine groups is 2. The number of para-hydroxylation sites is 1. The molecule has 0 atom stereocenters. The van der Waals surface area contributed by atoms with Gasteiger partial charge in [-0.1, -0.05) is 60.4 Å². The zero-order chi connectivity index (χ0) is 37.7. The van der Waals surface area contributed by atoms with Crippen LogP contribution in [0.4, 0.5) is 17.1 Å². The van der Waals surface area contributed by atoms with E-state index in [1.54, 1.807) is 61.5 Å². The zero-order valence-corrected chi connectivity index (χ0v) is 28.7. The van der Waals surface area contributed by atoms with Crippen molar-refractivity contribution in [2.24, 2.45) is 20.4 Å². The number of Topliss-reactive ketones (excluding diaryl/α,β-unsaturated/α-hetero) is 1. The monoisotopic (exact) mass is 776 g/mol. The number of non-ortho nitro benzene ring substituents is 1. The van der Waals surface area contributed by atoms with E-state index in [1.165, 1.54) is 10.8 Å². The quantitative estimate of drug-likeness (QED) is 0.0856. The Kier molecular flexibility index (Phi) is 12.1. The Labute approximate surface area is 310 Å². The molecule has 2 aliphatic carbocycles. The van der Waals surface area contributed by atoms with Crippen LogP contribution in [0.15, 0.2) is 122 Å². The van der Waals surface area contributed by atoms with E-state index in [1.807, 2.05) is 6.07 Å². The third-order valence-corrected chi connectivity index (χ3v) is 7.86. The summed E-state index contributed by atoms with van der Waals surface area (Å²) in [5.41, 5.74) is -0.261. The van der Waals surface area contributed by atoms with Gasteiger partial charge in [-0.3, -0.25) is 19.7 Å². The predicted octanol–water partition coefficient (Wildman–Crippen LogP) is 3.38. The maximum atomic E-state index is 12.4. The SMILES string of the molecule is Cc1nn(-c2ccccc2)c([O-])c1N=Nc1cc([N+](=O)[O-])ccc1[O-].O=C1C=Cc2ccccc2C1=NN=C1C=C(N([O-])[O-])C=C(S(=O)(=O)[O-])C1=O.[Cr+3].[H+]. The fourth-order valence-corrected chi connectivity index (χ4v) is 5.14. The first-order chi connectivity index (χ1) is 24.6. The summed E-state index contributed by atoms with van der Waals surface area (Å²) in [6, 6.07) is 18.6. The van der Waals surface area contributed by atoms with E-state index >= 15 is 0 Å². The summed E-state index contributed by atoms with van der Waals surface area (Å²) in [6.45, 7) is 1.58. The summed E-state index contributed by atoms with van der Waals surface area (Å²) in [5.74, 6) is -2.89. The maximum Gasteiger partial charge on any atom is 3.00 e. The maximum absolute atomic E-state index is 12.4. The molecule has 21 heteroatoms. The number of carbonyl (C=O) groups excluding carboxylic acids is 2. The number of hydrogen-bond donors (Lipinski definition) is 0. The number of nitro groups is 1. The Bertz CT molecular complexity index is 2430. The Morgan fingerprint density at radius 2 is 1.58 bits per heavy atom. The van der Waals surface area contributed by atoms with Crippen LogP contribution in [0.2, 0.25) is 0 Å². The first-order valence-electron chi connectivity index (χ1n) is 14.4. The van der Waals surface area contributed by atoms with Crippen molar-refractivity contribution in [2.45, 2.75) is 6.92 Å². The molecular weight excluding hydrogens is 756 g/mol. The molecule has 0 N–H and O–H groups in total. The molecule has 4 aromatic rings. The fourth-order valence-electron chi connectivity index (χ4n) is 4.54. The molecule has 0 fully saturated rings. The van der Waals surface area contributed by atoms with Crippen molar-refractivity contribution >= 4 is 56.2 Å². The molecule has 0 bridgehead atoms. The van der Waals surface area contributed by atoms with Gasteiger partial charge in [-0.2, -0.15) is 10.2 Å². The number of aromatic nitrogens is 2. The summed E-state index contributed by atoms with van der Waals surface area (Å²) in [6.07, 6.45) is 3.83. The number of benzene rings is 3. The van der Waals surface area contributed by atoms with Crippen LogP contribution in [0.25, 0.3) is 11.8 Å². The van der Waals surface area contributed by atoms with Crippen molar-refractivity contribution in [1.82, 2.24) is 15.0 Å². The topological polar surface area (TPSA) is 297 Å². The van der Waals surface area contributed by atoms with Crippen LogP contribution in [-0.4, -0.2) is 55.9 Å². The summed E-state index contributed by atoms with van der Waals surface area (Å²) in [4.78, 5) is 33.0. The summed E-state index contributed by atoms with van der Waals surface area (Å²) in [5, 5.41) is 74.6. The van der Waals surface area contributed by atoms with Gasteiger partial charge < -0.3 is 30.4 Å². The van der Waals surface area contributed by atoms with E-state index in [9.17, 15) is 53.3 Å². The van der Waals surface area contributed by atoms with E-state index in [-0.39, 0.29) is 41.6 Å². The molecule has 1 aromatic heterocycles. The van der Waals surface area contributed by atoms with Crippen molar-refractivity contribution in [3.63, 3.8) is 0 Å². The van der Waals surface area contributed by atoms with E-state index in [0.29, 0.717) is 34.7 Å². The van der Waals surface area contributed by atoms with Crippen LogP contribution in [0, 0.1) is 27.5 Å². The first kappa shape index (κ1) is 39.3. The number of ketones is 2.